The van der Waals surface area contributed by atoms with Crippen molar-refractivity contribution in [2.24, 2.45) is 23.0 Å². The van der Waals surface area contributed by atoms with E-state index >= 15 is 0 Å². The second-order valence-corrected chi connectivity index (χ2v) is 8.42. The molecule has 2 fully saturated rings. The lowest BCUT2D eigenvalue weighted by Gasteiger charge is -2.46. The molecule has 2 aliphatic rings. The first-order valence-corrected chi connectivity index (χ1v) is 9.23. The van der Waals surface area contributed by atoms with Gasteiger partial charge in [-0.3, -0.25) is 4.79 Å². The number of hydrogen-bond donors (Lipinski definition) is 2. The van der Waals surface area contributed by atoms with Crippen molar-refractivity contribution in [3.63, 3.8) is 0 Å². The quantitative estimate of drug-likeness (QED) is 0.842. The van der Waals surface area contributed by atoms with Crippen LogP contribution in [0.3, 0.4) is 0 Å². The summed E-state index contributed by atoms with van der Waals surface area (Å²) < 4.78 is 0. The van der Waals surface area contributed by atoms with Crippen LogP contribution in [0.1, 0.15) is 52.9 Å². The maximum atomic E-state index is 12.7. The van der Waals surface area contributed by atoms with Crippen LogP contribution >= 0.6 is 11.8 Å². The maximum Gasteiger partial charge on any atom is 0.223 e. The third-order valence-electron chi connectivity index (χ3n) is 5.88. The Hall–Kier alpha value is -0.220. The molecule has 0 aromatic heterocycles. The zero-order valence-electron chi connectivity index (χ0n) is 13.3. The Balaban J connectivity index is 1.95. The van der Waals surface area contributed by atoms with Crippen molar-refractivity contribution in [1.82, 2.24) is 5.32 Å². The highest BCUT2D eigenvalue weighted by Gasteiger charge is 2.45. The van der Waals surface area contributed by atoms with Crippen LogP contribution in [-0.2, 0) is 4.79 Å². The molecule has 3 N–H and O–H groups in total. The predicted molar refractivity (Wildman–Crippen MR) is 86.7 cm³/mol. The molecule has 116 valence electrons. The summed E-state index contributed by atoms with van der Waals surface area (Å²) in [7, 11) is 0. The van der Waals surface area contributed by atoms with Gasteiger partial charge in [-0.2, -0.15) is 11.8 Å². The van der Waals surface area contributed by atoms with E-state index in [0.29, 0.717) is 12.0 Å². The largest absolute Gasteiger partial charge is 0.353 e. The highest BCUT2D eigenvalue weighted by Crippen LogP contribution is 2.44. The van der Waals surface area contributed by atoms with Gasteiger partial charge in [0.15, 0.2) is 0 Å². The fourth-order valence-electron chi connectivity index (χ4n) is 3.91. The molecule has 0 radical (unpaired) electrons. The van der Waals surface area contributed by atoms with E-state index in [1.165, 1.54) is 6.42 Å². The van der Waals surface area contributed by atoms with Crippen LogP contribution < -0.4 is 11.1 Å². The van der Waals surface area contributed by atoms with Gasteiger partial charge in [-0.25, -0.2) is 0 Å². The number of thioether (sulfide) groups is 1. The van der Waals surface area contributed by atoms with E-state index in [4.69, 9.17) is 5.73 Å². The van der Waals surface area contributed by atoms with Crippen LogP contribution in [0.5, 0.6) is 0 Å². The molecule has 5 atom stereocenters. The summed E-state index contributed by atoms with van der Waals surface area (Å²) in [6.07, 6.45) is 7.59. The van der Waals surface area contributed by atoms with Gasteiger partial charge in [0.25, 0.3) is 0 Å². The monoisotopic (exact) mass is 298 g/mol. The van der Waals surface area contributed by atoms with Crippen LogP contribution in [0.15, 0.2) is 0 Å². The fourth-order valence-corrected chi connectivity index (χ4v) is 4.70. The average molecular weight is 298 g/mol. The standard InChI is InChI=1S/C16H30N2OS/c1-10-14(17)8-7-13(16(10,2)3)15(19)18-11-5-6-12(9-11)20-4/h10-14H,5-9,17H2,1-4H3,(H,18,19). The Kier molecular flexibility index (Phi) is 5.06. The summed E-state index contributed by atoms with van der Waals surface area (Å²) in [6.45, 7) is 6.62. The number of amides is 1. The molecular weight excluding hydrogens is 268 g/mol. The second-order valence-electron chi connectivity index (χ2n) is 7.28. The molecule has 1 amide bonds. The lowest BCUT2D eigenvalue weighted by Crippen LogP contribution is -2.52. The molecule has 2 saturated carbocycles. The Bertz CT molecular complexity index is 358. The molecule has 0 saturated heterocycles. The van der Waals surface area contributed by atoms with E-state index in [0.717, 1.165) is 30.9 Å². The number of nitrogens with two attached hydrogens (primary N) is 1. The summed E-state index contributed by atoms with van der Waals surface area (Å²) in [6, 6.07) is 0.628. The van der Waals surface area contributed by atoms with Crippen LogP contribution in [0, 0.1) is 17.3 Å². The Labute approximate surface area is 127 Å². The zero-order chi connectivity index (χ0) is 14.9. The van der Waals surface area contributed by atoms with Gasteiger partial charge in [0, 0.05) is 23.3 Å². The minimum atomic E-state index is -0.000732. The number of rotatable bonds is 3. The predicted octanol–water partition coefficient (Wildman–Crippen LogP) is 2.79. The van der Waals surface area contributed by atoms with Gasteiger partial charge < -0.3 is 11.1 Å². The first-order valence-electron chi connectivity index (χ1n) is 7.95. The van der Waals surface area contributed by atoms with E-state index in [-0.39, 0.29) is 23.3 Å². The third kappa shape index (κ3) is 3.16. The van der Waals surface area contributed by atoms with E-state index in [1.54, 1.807) is 0 Å². The first-order chi connectivity index (χ1) is 9.36. The number of nitrogens with one attached hydrogen (secondary N) is 1. The van der Waals surface area contributed by atoms with E-state index in [9.17, 15) is 4.79 Å². The minimum Gasteiger partial charge on any atom is -0.353 e. The number of carbonyl (C=O) groups is 1. The molecule has 4 heteroatoms. The molecule has 0 aromatic rings. The minimum absolute atomic E-state index is 0.000732. The van der Waals surface area contributed by atoms with E-state index in [2.05, 4.69) is 32.3 Å². The Morgan fingerprint density at radius 3 is 2.55 bits per heavy atom. The highest BCUT2D eigenvalue weighted by atomic mass is 32.2. The summed E-state index contributed by atoms with van der Waals surface area (Å²) in [4.78, 5) is 12.7. The molecule has 5 unspecified atom stereocenters. The topological polar surface area (TPSA) is 55.1 Å². The summed E-state index contributed by atoms with van der Waals surface area (Å²) in [5.41, 5.74) is 6.18. The SMILES string of the molecule is CSC1CCC(NC(=O)C2CCC(N)C(C)C2(C)C)C1. The smallest absolute Gasteiger partial charge is 0.223 e. The Morgan fingerprint density at radius 1 is 1.25 bits per heavy atom. The molecule has 3 nitrogen and oxygen atoms in total. The normalized spacial score (nSPS) is 40.5. The van der Waals surface area contributed by atoms with Gasteiger partial charge in [0.1, 0.15) is 0 Å². The second kappa shape index (κ2) is 6.27. The summed E-state index contributed by atoms with van der Waals surface area (Å²) in [5.74, 6) is 0.778. The zero-order valence-corrected chi connectivity index (χ0v) is 14.1. The first kappa shape index (κ1) is 16.2. The van der Waals surface area contributed by atoms with E-state index < -0.39 is 0 Å². The van der Waals surface area contributed by atoms with Crippen molar-refractivity contribution in [3.05, 3.63) is 0 Å². The van der Waals surface area contributed by atoms with Gasteiger partial charge in [-0.1, -0.05) is 20.8 Å². The van der Waals surface area contributed by atoms with Gasteiger partial charge in [-0.15, -0.1) is 0 Å². The van der Waals surface area contributed by atoms with Gasteiger partial charge >= 0.3 is 0 Å². The Morgan fingerprint density at radius 2 is 1.95 bits per heavy atom. The number of hydrogen-bond acceptors (Lipinski definition) is 3. The average Bonchev–Trinajstić information content (AvgIpc) is 2.83. The molecule has 0 aliphatic heterocycles. The molecule has 20 heavy (non-hydrogen) atoms. The molecule has 2 aliphatic carbocycles. The van der Waals surface area contributed by atoms with Crippen LogP contribution in [0.25, 0.3) is 0 Å². The molecule has 0 bridgehead atoms. The lowest BCUT2D eigenvalue weighted by atomic mass is 9.61. The fraction of sp³-hybridized carbons (Fsp3) is 0.938. The van der Waals surface area contributed by atoms with E-state index in [1.807, 2.05) is 11.8 Å². The molecule has 0 aromatic carbocycles. The maximum absolute atomic E-state index is 12.7. The molecule has 0 spiro atoms. The van der Waals surface area contributed by atoms with Crippen LogP contribution in [0.2, 0.25) is 0 Å². The highest BCUT2D eigenvalue weighted by molar-refractivity contribution is 7.99. The van der Waals surface area contributed by atoms with Gasteiger partial charge in [0.05, 0.1) is 0 Å². The lowest BCUT2D eigenvalue weighted by molar-refractivity contribution is -0.133. The van der Waals surface area contributed by atoms with Crippen molar-refractivity contribution in [3.8, 4) is 0 Å². The summed E-state index contributed by atoms with van der Waals surface area (Å²) in [5, 5.41) is 4.04. The number of carbonyl (C=O) groups excluding carboxylic acids is 1. The van der Waals surface area contributed by atoms with Crippen molar-refractivity contribution in [2.75, 3.05) is 6.26 Å². The molecular formula is C16H30N2OS. The van der Waals surface area contributed by atoms with Crippen LogP contribution in [-0.4, -0.2) is 29.5 Å². The van der Waals surface area contributed by atoms with Crippen molar-refractivity contribution >= 4 is 17.7 Å². The summed E-state index contributed by atoms with van der Waals surface area (Å²) >= 11 is 1.93. The van der Waals surface area contributed by atoms with Crippen molar-refractivity contribution in [2.45, 2.75) is 70.2 Å². The molecule has 0 heterocycles. The van der Waals surface area contributed by atoms with Crippen molar-refractivity contribution < 1.29 is 4.79 Å². The molecule has 2 rings (SSSR count). The third-order valence-corrected chi connectivity index (χ3v) is 6.98. The van der Waals surface area contributed by atoms with Gasteiger partial charge in [0.2, 0.25) is 5.91 Å². The van der Waals surface area contributed by atoms with Gasteiger partial charge in [-0.05, 0) is 49.7 Å². The van der Waals surface area contributed by atoms with Crippen LogP contribution in [0.4, 0.5) is 0 Å². The van der Waals surface area contributed by atoms with Crippen molar-refractivity contribution in [1.29, 1.82) is 0 Å².